The molecule has 0 N–H and O–H groups in total. The van der Waals surface area contributed by atoms with Crippen molar-refractivity contribution in [2.24, 2.45) is 0 Å². The molecule has 3 rings (SSSR count). The minimum Gasteiger partial charge on any atom is -0.497 e. The summed E-state index contributed by atoms with van der Waals surface area (Å²) in [6.07, 6.45) is 1.17. The summed E-state index contributed by atoms with van der Waals surface area (Å²) in [6, 6.07) is 10.7. The lowest BCUT2D eigenvalue weighted by Crippen LogP contribution is -2.03. The van der Waals surface area contributed by atoms with Crippen LogP contribution in [0.1, 0.15) is 15.9 Å². The van der Waals surface area contributed by atoms with Crippen LogP contribution >= 0.6 is 0 Å². The van der Waals surface area contributed by atoms with Gasteiger partial charge in [-0.2, -0.15) is 5.26 Å². The number of ether oxygens (including phenoxy) is 3. The molecular weight excluding hydrogens is 340 g/mol. The molecule has 26 heavy (non-hydrogen) atoms. The molecule has 0 fully saturated rings. The first kappa shape index (κ1) is 17.0. The van der Waals surface area contributed by atoms with Crippen LogP contribution in [0.5, 0.6) is 17.2 Å². The van der Waals surface area contributed by atoms with E-state index >= 15 is 0 Å². The summed E-state index contributed by atoms with van der Waals surface area (Å²) in [7, 11) is 1.46. The standard InChI is InChI=1S/C18H12N2O6/c1-24-14-4-2-3-11(6-14)18(21)13(9-19)5-12-7-16-17(26-10-25-16)8-15(12)20(22)23/h2-8H,10H2,1H3. The van der Waals surface area contributed by atoms with Gasteiger partial charge in [-0.15, -0.1) is 0 Å². The first-order valence-electron chi connectivity index (χ1n) is 7.42. The summed E-state index contributed by atoms with van der Waals surface area (Å²) in [4.78, 5) is 23.3. The molecule has 2 aromatic rings. The van der Waals surface area contributed by atoms with Gasteiger partial charge in [-0.05, 0) is 24.3 Å². The summed E-state index contributed by atoms with van der Waals surface area (Å²) in [5, 5.41) is 20.7. The van der Waals surface area contributed by atoms with Gasteiger partial charge in [0, 0.05) is 5.56 Å². The van der Waals surface area contributed by atoms with Crippen LogP contribution in [0, 0.1) is 21.4 Å². The molecule has 0 saturated heterocycles. The molecule has 130 valence electrons. The van der Waals surface area contributed by atoms with Crippen molar-refractivity contribution in [3.05, 3.63) is 63.2 Å². The van der Waals surface area contributed by atoms with Crippen molar-refractivity contribution in [2.75, 3.05) is 13.9 Å². The third-order valence-corrected chi connectivity index (χ3v) is 3.72. The molecule has 0 unspecified atom stereocenters. The highest BCUT2D eigenvalue weighted by atomic mass is 16.7. The number of nitro groups is 1. The Bertz CT molecular complexity index is 974. The average molecular weight is 352 g/mol. The van der Waals surface area contributed by atoms with Crippen LogP contribution in [0.4, 0.5) is 5.69 Å². The normalized spacial score (nSPS) is 12.4. The zero-order valence-corrected chi connectivity index (χ0v) is 13.6. The van der Waals surface area contributed by atoms with Crippen molar-refractivity contribution in [2.45, 2.75) is 0 Å². The van der Waals surface area contributed by atoms with Crippen molar-refractivity contribution >= 4 is 17.5 Å². The van der Waals surface area contributed by atoms with Gasteiger partial charge in [0.1, 0.15) is 17.4 Å². The monoisotopic (exact) mass is 352 g/mol. The molecule has 0 radical (unpaired) electrons. The number of carbonyl (C=O) groups excluding carboxylic acids is 1. The summed E-state index contributed by atoms with van der Waals surface area (Å²) in [5.74, 6) is 0.444. The number of fused-ring (bicyclic) bond motifs is 1. The van der Waals surface area contributed by atoms with E-state index in [1.165, 1.54) is 37.5 Å². The van der Waals surface area contributed by atoms with Crippen LogP contribution in [0.3, 0.4) is 0 Å². The Labute approximate surface area is 148 Å². The second kappa shape index (κ2) is 6.94. The van der Waals surface area contributed by atoms with Gasteiger partial charge in [-0.3, -0.25) is 14.9 Å². The Hall–Kier alpha value is -3.86. The van der Waals surface area contributed by atoms with Crippen molar-refractivity contribution in [3.63, 3.8) is 0 Å². The molecule has 0 saturated carbocycles. The molecule has 0 aliphatic carbocycles. The Morgan fingerprint density at radius 3 is 2.69 bits per heavy atom. The fourth-order valence-corrected chi connectivity index (χ4v) is 2.44. The van der Waals surface area contributed by atoms with Gasteiger partial charge in [0.05, 0.1) is 23.7 Å². The highest BCUT2D eigenvalue weighted by Gasteiger charge is 2.24. The van der Waals surface area contributed by atoms with E-state index in [9.17, 15) is 20.2 Å². The highest BCUT2D eigenvalue weighted by Crippen LogP contribution is 2.38. The number of nitriles is 1. The average Bonchev–Trinajstić information content (AvgIpc) is 3.12. The Balaban J connectivity index is 2.05. The molecule has 0 amide bonds. The molecule has 8 nitrogen and oxygen atoms in total. The highest BCUT2D eigenvalue weighted by molar-refractivity contribution is 6.14. The van der Waals surface area contributed by atoms with E-state index in [-0.39, 0.29) is 34.9 Å². The summed E-state index contributed by atoms with van der Waals surface area (Å²) in [5.41, 5.74) is -0.228. The van der Waals surface area contributed by atoms with Gasteiger partial charge in [0.2, 0.25) is 12.6 Å². The lowest BCUT2D eigenvalue weighted by Gasteiger charge is -2.04. The fraction of sp³-hybridized carbons (Fsp3) is 0.111. The van der Waals surface area contributed by atoms with E-state index in [0.717, 1.165) is 0 Å². The number of Topliss-reactive ketones (excluding diaryl/α,β-unsaturated/α-hetero) is 1. The lowest BCUT2D eigenvalue weighted by molar-refractivity contribution is -0.385. The number of carbonyl (C=O) groups is 1. The van der Waals surface area contributed by atoms with Gasteiger partial charge in [0.15, 0.2) is 11.5 Å². The van der Waals surface area contributed by atoms with Crippen molar-refractivity contribution in [3.8, 4) is 23.3 Å². The molecule has 0 aromatic heterocycles. The summed E-state index contributed by atoms with van der Waals surface area (Å²) < 4.78 is 15.4. The van der Waals surface area contributed by atoms with Crippen LogP contribution in [-0.2, 0) is 0 Å². The number of methoxy groups -OCH3 is 1. The molecule has 0 atom stereocenters. The number of ketones is 1. The molecule has 1 aliphatic rings. The molecular formula is C18H12N2O6. The third kappa shape index (κ3) is 3.18. The molecule has 1 heterocycles. The topological polar surface area (TPSA) is 112 Å². The number of rotatable bonds is 5. The van der Waals surface area contributed by atoms with Crippen LogP contribution < -0.4 is 14.2 Å². The largest absolute Gasteiger partial charge is 0.497 e. The van der Waals surface area contributed by atoms with E-state index in [4.69, 9.17) is 14.2 Å². The SMILES string of the molecule is COc1cccc(C(=O)C(C#N)=Cc2cc3c(cc2[N+](=O)[O-])OCO3)c1. The van der Waals surface area contributed by atoms with E-state index < -0.39 is 10.7 Å². The number of nitro benzene ring substituents is 1. The number of nitrogens with zero attached hydrogens (tertiary/aromatic N) is 2. The summed E-state index contributed by atoms with van der Waals surface area (Å²) in [6.45, 7) is -0.0481. The molecule has 2 aromatic carbocycles. The second-order valence-electron chi connectivity index (χ2n) is 5.25. The van der Waals surface area contributed by atoms with E-state index in [1.54, 1.807) is 18.2 Å². The fourth-order valence-electron chi connectivity index (χ4n) is 2.44. The quantitative estimate of drug-likeness (QED) is 0.267. The van der Waals surface area contributed by atoms with Crippen LogP contribution in [0.2, 0.25) is 0 Å². The number of benzene rings is 2. The molecule has 8 heteroatoms. The molecule has 0 spiro atoms. The Morgan fingerprint density at radius 2 is 2.04 bits per heavy atom. The minimum absolute atomic E-state index is 0.0481. The Kier molecular flexibility index (Phi) is 4.53. The van der Waals surface area contributed by atoms with Crippen molar-refractivity contribution in [1.29, 1.82) is 5.26 Å². The van der Waals surface area contributed by atoms with E-state index in [1.807, 2.05) is 0 Å². The zero-order chi connectivity index (χ0) is 18.7. The number of allylic oxidation sites excluding steroid dienone is 1. The first-order chi connectivity index (χ1) is 12.5. The molecule has 1 aliphatic heterocycles. The lowest BCUT2D eigenvalue weighted by atomic mass is 10.0. The van der Waals surface area contributed by atoms with E-state index in [2.05, 4.69) is 0 Å². The summed E-state index contributed by atoms with van der Waals surface area (Å²) >= 11 is 0. The maximum atomic E-state index is 12.6. The Morgan fingerprint density at radius 1 is 1.31 bits per heavy atom. The second-order valence-corrected chi connectivity index (χ2v) is 5.25. The number of hydrogen-bond donors (Lipinski definition) is 0. The first-order valence-corrected chi connectivity index (χ1v) is 7.42. The maximum absolute atomic E-state index is 12.6. The van der Waals surface area contributed by atoms with Crippen LogP contribution in [0.15, 0.2) is 42.0 Å². The van der Waals surface area contributed by atoms with Crippen molar-refractivity contribution < 1.29 is 23.9 Å². The van der Waals surface area contributed by atoms with Gasteiger partial charge in [0.25, 0.3) is 5.69 Å². The third-order valence-electron chi connectivity index (χ3n) is 3.72. The van der Waals surface area contributed by atoms with Gasteiger partial charge in [-0.25, -0.2) is 0 Å². The zero-order valence-electron chi connectivity index (χ0n) is 13.6. The minimum atomic E-state index is -0.612. The maximum Gasteiger partial charge on any atom is 0.280 e. The predicted molar refractivity (Wildman–Crippen MR) is 90.1 cm³/mol. The van der Waals surface area contributed by atoms with Crippen molar-refractivity contribution in [1.82, 2.24) is 0 Å². The smallest absolute Gasteiger partial charge is 0.280 e. The van der Waals surface area contributed by atoms with Gasteiger partial charge >= 0.3 is 0 Å². The van der Waals surface area contributed by atoms with E-state index in [0.29, 0.717) is 11.5 Å². The van der Waals surface area contributed by atoms with Gasteiger partial charge < -0.3 is 14.2 Å². The molecule has 0 bridgehead atoms. The number of hydrogen-bond acceptors (Lipinski definition) is 7. The van der Waals surface area contributed by atoms with Crippen LogP contribution in [-0.4, -0.2) is 24.6 Å². The predicted octanol–water partition coefficient (Wildman–Crippen LogP) is 3.12. The van der Waals surface area contributed by atoms with Gasteiger partial charge in [-0.1, -0.05) is 12.1 Å². The van der Waals surface area contributed by atoms with Crippen LogP contribution in [0.25, 0.3) is 6.08 Å².